The minimum absolute atomic E-state index is 0.136. The van der Waals surface area contributed by atoms with Gasteiger partial charge in [0.25, 0.3) is 0 Å². The lowest BCUT2D eigenvalue weighted by Crippen LogP contribution is -2.38. The quantitative estimate of drug-likeness (QED) is 0.330. The number of hydrogen-bond acceptors (Lipinski definition) is 2. The maximum Gasteiger partial charge on any atom is 0.389 e. The molecule has 0 saturated heterocycles. The fourth-order valence-electron chi connectivity index (χ4n) is 1.73. The molecule has 0 aliphatic carbocycles. The van der Waals surface area contributed by atoms with Crippen molar-refractivity contribution < 1.29 is 13.2 Å². The van der Waals surface area contributed by atoms with E-state index in [4.69, 9.17) is 0 Å². The average molecular weight is 333 g/mol. The zero-order chi connectivity index (χ0) is 16.3. The highest BCUT2D eigenvalue weighted by atomic mass is 32.2. The number of unbranched alkanes of at least 4 members (excludes halogenated alkanes) is 1. The molecule has 0 aromatic heterocycles. The minimum atomic E-state index is -4.06. The molecular weight excluding hydrogens is 311 g/mol. The smallest absolute Gasteiger partial charge is 0.356 e. The molecule has 3 nitrogen and oxygen atoms in total. The van der Waals surface area contributed by atoms with Gasteiger partial charge in [-0.3, -0.25) is 4.99 Å². The summed E-state index contributed by atoms with van der Waals surface area (Å²) >= 11 is 1.74. The maximum atomic E-state index is 12.0. The van der Waals surface area contributed by atoms with E-state index in [1.807, 2.05) is 18.2 Å². The zero-order valence-electron chi connectivity index (χ0n) is 12.6. The van der Waals surface area contributed by atoms with Gasteiger partial charge in [0.05, 0.1) is 0 Å². The molecule has 22 heavy (non-hydrogen) atoms. The first-order chi connectivity index (χ1) is 10.5. The van der Waals surface area contributed by atoms with Gasteiger partial charge in [0.2, 0.25) is 0 Å². The number of rotatable bonds is 8. The summed E-state index contributed by atoms with van der Waals surface area (Å²) in [6.45, 7) is 1.23. The molecule has 7 heteroatoms. The van der Waals surface area contributed by atoms with Crippen LogP contribution in [0.1, 0.15) is 19.3 Å². The third kappa shape index (κ3) is 9.55. The Morgan fingerprint density at radius 2 is 1.77 bits per heavy atom. The van der Waals surface area contributed by atoms with Gasteiger partial charge in [-0.1, -0.05) is 18.2 Å². The summed E-state index contributed by atoms with van der Waals surface area (Å²) in [6.07, 6.45) is -4.18. The van der Waals surface area contributed by atoms with Crippen molar-refractivity contribution in [2.45, 2.75) is 30.3 Å². The molecule has 0 radical (unpaired) electrons. The molecule has 1 aromatic carbocycles. The van der Waals surface area contributed by atoms with Gasteiger partial charge in [-0.25, -0.2) is 0 Å². The predicted molar refractivity (Wildman–Crippen MR) is 86.4 cm³/mol. The van der Waals surface area contributed by atoms with Crippen molar-refractivity contribution in [3.63, 3.8) is 0 Å². The van der Waals surface area contributed by atoms with Crippen LogP contribution < -0.4 is 10.6 Å². The van der Waals surface area contributed by atoms with Gasteiger partial charge >= 0.3 is 6.18 Å². The number of hydrogen-bond donors (Lipinski definition) is 2. The molecule has 0 unspecified atom stereocenters. The summed E-state index contributed by atoms with van der Waals surface area (Å²) < 4.78 is 36.0. The van der Waals surface area contributed by atoms with Crippen LogP contribution in [0.4, 0.5) is 13.2 Å². The number of aliphatic imine (C=N–C) groups is 1. The summed E-state index contributed by atoms with van der Waals surface area (Å²) in [5.41, 5.74) is 0. The Kier molecular flexibility index (Phi) is 8.81. The van der Waals surface area contributed by atoms with Crippen molar-refractivity contribution in [2.75, 3.05) is 25.9 Å². The molecule has 1 aromatic rings. The van der Waals surface area contributed by atoms with Crippen molar-refractivity contribution >= 4 is 17.7 Å². The van der Waals surface area contributed by atoms with E-state index in [-0.39, 0.29) is 6.42 Å². The van der Waals surface area contributed by atoms with Gasteiger partial charge in [0.15, 0.2) is 5.96 Å². The van der Waals surface area contributed by atoms with Crippen LogP contribution in [0.2, 0.25) is 0 Å². The van der Waals surface area contributed by atoms with E-state index in [0.29, 0.717) is 18.9 Å². The molecule has 0 bridgehead atoms. The lowest BCUT2D eigenvalue weighted by Gasteiger charge is -2.12. The van der Waals surface area contributed by atoms with Crippen LogP contribution in [0.5, 0.6) is 0 Å². The summed E-state index contributed by atoms with van der Waals surface area (Å²) in [5, 5.41) is 6.16. The minimum Gasteiger partial charge on any atom is -0.356 e. The van der Waals surface area contributed by atoms with Crippen LogP contribution in [-0.2, 0) is 0 Å². The zero-order valence-corrected chi connectivity index (χ0v) is 13.4. The lowest BCUT2D eigenvalue weighted by atomic mass is 10.2. The van der Waals surface area contributed by atoms with Crippen molar-refractivity contribution in [2.24, 2.45) is 4.99 Å². The number of nitrogens with one attached hydrogen (secondary N) is 2. The van der Waals surface area contributed by atoms with E-state index in [9.17, 15) is 13.2 Å². The van der Waals surface area contributed by atoms with Gasteiger partial charge < -0.3 is 10.6 Å². The average Bonchev–Trinajstić information content (AvgIpc) is 2.49. The Balaban J connectivity index is 2.07. The fraction of sp³-hybridized carbons (Fsp3) is 0.533. The van der Waals surface area contributed by atoms with Crippen LogP contribution in [0, 0.1) is 0 Å². The number of nitrogens with zero attached hydrogens (tertiary/aromatic N) is 1. The van der Waals surface area contributed by atoms with Gasteiger partial charge in [-0.05, 0) is 25.0 Å². The molecule has 1 rings (SSSR count). The molecule has 0 atom stereocenters. The van der Waals surface area contributed by atoms with Crippen LogP contribution in [-0.4, -0.2) is 38.0 Å². The second kappa shape index (κ2) is 10.4. The van der Waals surface area contributed by atoms with E-state index in [1.165, 1.54) is 4.90 Å². The molecule has 0 amide bonds. The second-order valence-electron chi connectivity index (χ2n) is 4.66. The van der Waals surface area contributed by atoms with Gasteiger partial charge in [0.1, 0.15) is 0 Å². The number of thioether (sulfide) groups is 1. The summed E-state index contributed by atoms with van der Waals surface area (Å²) in [6, 6.07) is 10.1. The topological polar surface area (TPSA) is 36.4 Å². The summed E-state index contributed by atoms with van der Waals surface area (Å²) in [4.78, 5) is 5.25. The summed E-state index contributed by atoms with van der Waals surface area (Å²) in [7, 11) is 1.65. The number of guanidine groups is 1. The first-order valence-corrected chi connectivity index (χ1v) is 8.19. The molecular formula is C15H22F3N3S. The number of benzene rings is 1. The fourth-order valence-corrected chi connectivity index (χ4v) is 2.52. The second-order valence-corrected chi connectivity index (χ2v) is 5.83. The van der Waals surface area contributed by atoms with E-state index >= 15 is 0 Å². The van der Waals surface area contributed by atoms with Crippen molar-refractivity contribution in [1.29, 1.82) is 0 Å². The molecule has 0 aliphatic heterocycles. The molecule has 0 aliphatic rings. The number of alkyl halides is 3. The molecule has 124 valence electrons. The molecule has 0 fully saturated rings. The van der Waals surface area contributed by atoms with Crippen LogP contribution in [0.3, 0.4) is 0 Å². The predicted octanol–water partition coefficient (Wildman–Crippen LogP) is 3.68. The standard InChI is InChI=1S/C15H22F3N3S/c1-19-14(20-10-6-5-9-15(16,17)18)21-11-12-22-13-7-3-2-4-8-13/h2-4,7-8H,5-6,9-12H2,1H3,(H2,19,20,21). The highest BCUT2D eigenvalue weighted by Gasteiger charge is 2.25. The SMILES string of the molecule is CN=C(NCCCCC(F)(F)F)NCCSc1ccccc1. The molecule has 0 saturated carbocycles. The van der Waals surface area contributed by atoms with Gasteiger partial charge in [-0.2, -0.15) is 13.2 Å². The Morgan fingerprint density at radius 1 is 1.09 bits per heavy atom. The third-order valence-electron chi connectivity index (χ3n) is 2.81. The number of halogens is 3. The lowest BCUT2D eigenvalue weighted by molar-refractivity contribution is -0.135. The van der Waals surface area contributed by atoms with Crippen molar-refractivity contribution in [3.05, 3.63) is 30.3 Å². The monoisotopic (exact) mass is 333 g/mol. The van der Waals surface area contributed by atoms with E-state index in [0.717, 1.165) is 12.3 Å². The Morgan fingerprint density at radius 3 is 2.41 bits per heavy atom. The van der Waals surface area contributed by atoms with Crippen LogP contribution >= 0.6 is 11.8 Å². The Labute approximate surface area is 133 Å². The van der Waals surface area contributed by atoms with Gasteiger partial charge in [-0.15, -0.1) is 11.8 Å². The summed E-state index contributed by atoms with van der Waals surface area (Å²) in [5.74, 6) is 1.51. The van der Waals surface area contributed by atoms with E-state index in [2.05, 4.69) is 27.8 Å². The van der Waals surface area contributed by atoms with Crippen LogP contribution in [0.15, 0.2) is 40.2 Å². The van der Waals surface area contributed by atoms with E-state index < -0.39 is 12.6 Å². The third-order valence-corrected chi connectivity index (χ3v) is 3.82. The first-order valence-electron chi connectivity index (χ1n) is 7.20. The maximum absolute atomic E-state index is 12.0. The van der Waals surface area contributed by atoms with Gasteiger partial charge in [0, 0.05) is 37.2 Å². The normalized spacial score (nSPS) is 12.3. The first kappa shape index (κ1) is 18.7. The molecule has 0 heterocycles. The molecule has 2 N–H and O–H groups in total. The van der Waals surface area contributed by atoms with Crippen LogP contribution in [0.25, 0.3) is 0 Å². The highest BCUT2D eigenvalue weighted by molar-refractivity contribution is 7.99. The molecule has 0 spiro atoms. The van der Waals surface area contributed by atoms with Crippen molar-refractivity contribution in [3.8, 4) is 0 Å². The van der Waals surface area contributed by atoms with Crippen molar-refractivity contribution in [1.82, 2.24) is 10.6 Å². The Hall–Kier alpha value is -1.37. The largest absolute Gasteiger partial charge is 0.389 e. The highest BCUT2D eigenvalue weighted by Crippen LogP contribution is 2.21. The Bertz CT molecular complexity index is 435. The van der Waals surface area contributed by atoms with E-state index in [1.54, 1.807) is 18.8 Å².